The van der Waals surface area contributed by atoms with Gasteiger partial charge in [-0.2, -0.15) is 12.7 Å². The molecule has 2 rings (SSSR count). The zero-order chi connectivity index (χ0) is 15.5. The lowest BCUT2D eigenvalue weighted by Gasteiger charge is -2.32. The number of nitrogens with one attached hydrogen (secondary N) is 1. The molecule has 0 aromatic heterocycles. The highest BCUT2D eigenvalue weighted by Gasteiger charge is 2.28. The van der Waals surface area contributed by atoms with Crippen molar-refractivity contribution < 1.29 is 13.2 Å². The molecule has 0 aliphatic carbocycles. The maximum absolute atomic E-state index is 11.8. The molecule has 0 unspecified atom stereocenters. The quantitative estimate of drug-likeness (QED) is 0.903. The van der Waals surface area contributed by atoms with Crippen LogP contribution in [-0.2, 0) is 14.9 Å². The fourth-order valence-corrected chi connectivity index (χ4v) is 3.20. The van der Waals surface area contributed by atoms with Crippen molar-refractivity contribution in [1.29, 1.82) is 0 Å². The van der Waals surface area contributed by atoms with E-state index < -0.39 is 10.2 Å². The Morgan fingerprint density at radius 2 is 1.95 bits per heavy atom. The van der Waals surface area contributed by atoms with Crippen LogP contribution in [0.2, 0.25) is 0 Å². The molecule has 0 spiro atoms. The summed E-state index contributed by atoms with van der Waals surface area (Å²) in [5.41, 5.74) is 2.33. The smallest absolute Gasteiger partial charge is 0.278 e. The summed E-state index contributed by atoms with van der Waals surface area (Å²) < 4.78 is 33.4. The number of aryl methyl sites for hydroxylation is 1. The lowest BCUT2D eigenvalue weighted by atomic mass is 9.89. The van der Waals surface area contributed by atoms with Crippen LogP contribution in [0.15, 0.2) is 24.3 Å². The fourth-order valence-electron chi connectivity index (χ4n) is 2.52. The number of rotatable bonds is 5. The predicted octanol–water partition coefficient (Wildman–Crippen LogP) is 1.86. The molecule has 21 heavy (non-hydrogen) atoms. The average molecular weight is 312 g/mol. The third kappa shape index (κ3) is 4.26. The van der Waals surface area contributed by atoms with Crippen LogP contribution in [0, 0.1) is 12.8 Å². The van der Waals surface area contributed by atoms with Gasteiger partial charge in [-0.1, -0.05) is 29.8 Å². The van der Waals surface area contributed by atoms with Crippen LogP contribution in [0.25, 0.3) is 0 Å². The molecule has 1 aromatic rings. The first-order valence-electron chi connectivity index (χ1n) is 7.25. The molecule has 1 aliphatic heterocycles. The summed E-state index contributed by atoms with van der Waals surface area (Å²) in [7, 11) is -0.332. The van der Waals surface area contributed by atoms with E-state index in [-0.39, 0.29) is 12.0 Å². The van der Waals surface area contributed by atoms with Gasteiger partial charge >= 0.3 is 0 Å². The second-order valence-corrected chi connectivity index (χ2v) is 7.71. The molecule has 1 aromatic carbocycles. The van der Waals surface area contributed by atoms with Crippen LogP contribution >= 0.6 is 0 Å². The number of hydrogen-bond donors (Lipinski definition) is 1. The third-order valence-electron chi connectivity index (χ3n) is 3.86. The van der Waals surface area contributed by atoms with E-state index in [1.165, 1.54) is 24.0 Å². The maximum Gasteiger partial charge on any atom is 0.278 e. The second kappa shape index (κ2) is 6.87. The second-order valence-electron chi connectivity index (χ2n) is 5.74. The van der Waals surface area contributed by atoms with E-state index in [1.807, 2.05) is 6.92 Å². The first-order valence-corrected chi connectivity index (χ1v) is 8.69. The fraction of sp³-hybridized carbons (Fsp3) is 0.600. The first-order chi connectivity index (χ1) is 9.90. The summed E-state index contributed by atoms with van der Waals surface area (Å²) in [4.78, 5) is 0. The minimum absolute atomic E-state index is 0.0378. The van der Waals surface area contributed by atoms with Crippen molar-refractivity contribution in [1.82, 2.24) is 9.03 Å². The normalized spacial score (nSPS) is 23.4. The van der Waals surface area contributed by atoms with Crippen molar-refractivity contribution in [3.63, 3.8) is 0 Å². The molecule has 1 aliphatic rings. The number of hydrogen-bond acceptors (Lipinski definition) is 3. The first kappa shape index (κ1) is 16.4. The van der Waals surface area contributed by atoms with Gasteiger partial charge in [0.2, 0.25) is 0 Å². The Morgan fingerprint density at radius 3 is 2.57 bits per heavy atom. The van der Waals surface area contributed by atoms with Crippen molar-refractivity contribution >= 4 is 10.2 Å². The Morgan fingerprint density at radius 1 is 1.29 bits per heavy atom. The summed E-state index contributed by atoms with van der Waals surface area (Å²) >= 11 is 0. The monoisotopic (exact) mass is 312 g/mol. The van der Waals surface area contributed by atoms with E-state index in [0.29, 0.717) is 6.54 Å². The largest absolute Gasteiger partial charge is 0.373 e. The average Bonchev–Trinajstić information content (AvgIpc) is 2.46. The van der Waals surface area contributed by atoms with Gasteiger partial charge in [-0.25, -0.2) is 4.72 Å². The molecule has 0 radical (unpaired) electrons. The highest BCUT2D eigenvalue weighted by Crippen LogP contribution is 2.33. The van der Waals surface area contributed by atoms with Gasteiger partial charge in [0, 0.05) is 33.2 Å². The maximum atomic E-state index is 11.8. The zero-order valence-electron chi connectivity index (χ0n) is 12.9. The molecule has 1 heterocycles. The molecular weight excluding hydrogens is 288 g/mol. The number of benzene rings is 1. The van der Waals surface area contributed by atoms with Gasteiger partial charge < -0.3 is 4.74 Å². The predicted molar refractivity (Wildman–Crippen MR) is 83.2 cm³/mol. The lowest BCUT2D eigenvalue weighted by Crippen LogP contribution is -2.40. The number of nitrogens with zero attached hydrogens (tertiary/aromatic N) is 1. The topological polar surface area (TPSA) is 58.6 Å². The van der Waals surface area contributed by atoms with Gasteiger partial charge in [-0.3, -0.25) is 0 Å². The molecule has 1 saturated heterocycles. The van der Waals surface area contributed by atoms with Crippen LogP contribution in [0.3, 0.4) is 0 Å². The highest BCUT2D eigenvalue weighted by atomic mass is 32.2. The summed E-state index contributed by atoms with van der Waals surface area (Å²) in [6, 6.07) is 8.26. The van der Waals surface area contributed by atoms with Crippen LogP contribution in [0.5, 0.6) is 0 Å². The molecule has 5 nitrogen and oxygen atoms in total. The van der Waals surface area contributed by atoms with Crippen molar-refractivity contribution in [3.05, 3.63) is 35.4 Å². The Balaban J connectivity index is 2.07. The zero-order valence-corrected chi connectivity index (χ0v) is 13.7. The van der Waals surface area contributed by atoms with Crippen molar-refractivity contribution in [2.75, 3.05) is 27.2 Å². The van der Waals surface area contributed by atoms with Crippen molar-refractivity contribution in [2.45, 2.75) is 25.9 Å². The number of ether oxygens (including phenoxy) is 1. The Hall–Kier alpha value is -0.950. The van der Waals surface area contributed by atoms with Gasteiger partial charge in [-0.05, 0) is 25.3 Å². The summed E-state index contributed by atoms with van der Waals surface area (Å²) in [5, 5.41) is 0. The molecule has 0 saturated carbocycles. The van der Waals surface area contributed by atoms with Gasteiger partial charge in [0.25, 0.3) is 10.2 Å². The Labute approximate surface area is 127 Å². The van der Waals surface area contributed by atoms with Crippen molar-refractivity contribution in [3.8, 4) is 0 Å². The summed E-state index contributed by atoms with van der Waals surface area (Å²) in [6.45, 7) is 3.18. The van der Waals surface area contributed by atoms with E-state index in [0.717, 1.165) is 25.0 Å². The minimum atomic E-state index is -3.38. The lowest BCUT2D eigenvalue weighted by molar-refractivity contribution is -0.0263. The van der Waals surface area contributed by atoms with Gasteiger partial charge in [-0.15, -0.1) is 0 Å². The summed E-state index contributed by atoms with van der Waals surface area (Å²) in [5.74, 6) is 0.163. The van der Waals surface area contributed by atoms with Gasteiger partial charge in [0.1, 0.15) is 0 Å². The van der Waals surface area contributed by atoms with E-state index in [2.05, 4.69) is 29.0 Å². The van der Waals surface area contributed by atoms with Crippen molar-refractivity contribution in [2.24, 2.45) is 5.92 Å². The summed E-state index contributed by atoms with van der Waals surface area (Å²) in [6.07, 6.45) is 1.90. The van der Waals surface area contributed by atoms with E-state index in [1.54, 1.807) is 0 Å². The molecule has 1 N–H and O–H groups in total. The van der Waals surface area contributed by atoms with Gasteiger partial charge in [0.05, 0.1) is 6.10 Å². The van der Waals surface area contributed by atoms with E-state index in [4.69, 9.17) is 4.74 Å². The van der Waals surface area contributed by atoms with Crippen LogP contribution in [-0.4, -0.2) is 40.0 Å². The van der Waals surface area contributed by atoms with Crippen LogP contribution < -0.4 is 4.72 Å². The Bertz CT molecular complexity index is 555. The minimum Gasteiger partial charge on any atom is -0.373 e. The SMILES string of the molecule is Cc1ccc([C@@H]2OCCC[C@@H]2CNS(=O)(=O)N(C)C)cc1. The Kier molecular flexibility index (Phi) is 5.37. The van der Waals surface area contributed by atoms with Crippen LogP contribution in [0.4, 0.5) is 0 Å². The molecule has 6 heteroatoms. The standard InChI is InChI=1S/C15H24N2O3S/c1-12-6-8-13(9-7-12)15-14(5-4-10-20-15)11-16-21(18,19)17(2)3/h6-9,14-16H,4-5,10-11H2,1-3H3/t14-,15+/m1/s1. The molecular formula is C15H24N2O3S. The van der Waals surface area contributed by atoms with E-state index in [9.17, 15) is 8.42 Å². The van der Waals surface area contributed by atoms with Gasteiger partial charge in [0.15, 0.2) is 0 Å². The third-order valence-corrected chi connectivity index (χ3v) is 5.35. The van der Waals surface area contributed by atoms with E-state index >= 15 is 0 Å². The molecule has 2 atom stereocenters. The molecule has 0 bridgehead atoms. The highest BCUT2D eigenvalue weighted by molar-refractivity contribution is 7.87. The van der Waals surface area contributed by atoms with Crippen LogP contribution in [0.1, 0.15) is 30.1 Å². The molecule has 1 fully saturated rings. The molecule has 0 amide bonds. The molecule has 118 valence electrons.